The predicted molar refractivity (Wildman–Crippen MR) is 62.1 cm³/mol. The van der Waals surface area contributed by atoms with Crippen molar-refractivity contribution in [3.63, 3.8) is 0 Å². The van der Waals surface area contributed by atoms with Gasteiger partial charge < -0.3 is 10.1 Å². The summed E-state index contributed by atoms with van der Waals surface area (Å²) in [6.07, 6.45) is 4.16. The van der Waals surface area contributed by atoms with Crippen LogP contribution in [0.3, 0.4) is 0 Å². The Morgan fingerprint density at radius 2 is 2.53 bits per heavy atom. The molecule has 1 N–H and O–H groups in total. The zero-order chi connectivity index (χ0) is 10.5. The topological polar surface area (TPSA) is 34.2 Å². The van der Waals surface area contributed by atoms with Crippen LogP contribution in [-0.2, 0) is 11.3 Å². The van der Waals surface area contributed by atoms with Crippen molar-refractivity contribution >= 4 is 11.3 Å². The number of thiazole rings is 1. The first kappa shape index (κ1) is 11.0. The SMILES string of the molecule is Cc1ncsc1CNCC1CCCCO1. The molecule has 0 bridgehead atoms. The minimum atomic E-state index is 0.423. The third kappa shape index (κ3) is 3.26. The molecule has 2 rings (SSSR count). The number of nitrogens with zero attached hydrogens (tertiary/aromatic N) is 1. The van der Waals surface area contributed by atoms with E-state index < -0.39 is 0 Å². The van der Waals surface area contributed by atoms with E-state index in [-0.39, 0.29) is 0 Å². The summed E-state index contributed by atoms with van der Waals surface area (Å²) in [5.41, 5.74) is 3.06. The van der Waals surface area contributed by atoms with Gasteiger partial charge in [0.25, 0.3) is 0 Å². The molecule has 1 aromatic heterocycles. The number of aryl methyl sites for hydroxylation is 1. The van der Waals surface area contributed by atoms with E-state index in [2.05, 4.69) is 17.2 Å². The monoisotopic (exact) mass is 226 g/mol. The van der Waals surface area contributed by atoms with Crippen molar-refractivity contribution in [1.29, 1.82) is 0 Å². The van der Waals surface area contributed by atoms with Crippen LogP contribution in [0, 0.1) is 6.92 Å². The van der Waals surface area contributed by atoms with E-state index in [4.69, 9.17) is 4.74 Å². The van der Waals surface area contributed by atoms with E-state index in [0.717, 1.165) is 25.4 Å². The highest BCUT2D eigenvalue weighted by Gasteiger charge is 2.13. The molecular weight excluding hydrogens is 208 g/mol. The summed E-state index contributed by atoms with van der Waals surface area (Å²) in [6, 6.07) is 0. The Morgan fingerprint density at radius 1 is 1.60 bits per heavy atom. The second-order valence-electron chi connectivity index (χ2n) is 3.98. The van der Waals surface area contributed by atoms with Crippen LogP contribution in [0.5, 0.6) is 0 Å². The fourth-order valence-corrected chi connectivity index (χ4v) is 2.56. The maximum atomic E-state index is 5.65. The number of rotatable bonds is 4. The highest BCUT2D eigenvalue weighted by molar-refractivity contribution is 7.09. The average Bonchev–Trinajstić information content (AvgIpc) is 2.66. The highest BCUT2D eigenvalue weighted by Crippen LogP contribution is 2.13. The molecule has 0 radical (unpaired) electrons. The molecule has 0 amide bonds. The van der Waals surface area contributed by atoms with Crippen molar-refractivity contribution in [2.24, 2.45) is 0 Å². The summed E-state index contributed by atoms with van der Waals surface area (Å²) < 4.78 is 5.65. The van der Waals surface area contributed by atoms with E-state index in [9.17, 15) is 0 Å². The first-order chi connectivity index (χ1) is 7.36. The number of nitrogens with one attached hydrogen (secondary N) is 1. The van der Waals surface area contributed by atoms with Gasteiger partial charge in [0.2, 0.25) is 0 Å². The average molecular weight is 226 g/mol. The second kappa shape index (κ2) is 5.58. The van der Waals surface area contributed by atoms with Crippen molar-refractivity contribution < 1.29 is 4.74 Å². The normalized spacial score (nSPS) is 21.8. The Bertz CT molecular complexity index is 295. The van der Waals surface area contributed by atoms with Gasteiger partial charge in [-0.25, -0.2) is 4.98 Å². The van der Waals surface area contributed by atoms with Gasteiger partial charge in [-0.15, -0.1) is 11.3 Å². The van der Waals surface area contributed by atoms with Gasteiger partial charge in [0.15, 0.2) is 0 Å². The fourth-order valence-electron chi connectivity index (χ4n) is 1.81. The van der Waals surface area contributed by atoms with E-state index in [0.29, 0.717) is 6.10 Å². The van der Waals surface area contributed by atoms with Gasteiger partial charge >= 0.3 is 0 Å². The largest absolute Gasteiger partial charge is 0.377 e. The number of ether oxygens (including phenoxy) is 1. The molecule has 0 aromatic carbocycles. The zero-order valence-electron chi connectivity index (χ0n) is 9.16. The molecule has 0 saturated carbocycles. The lowest BCUT2D eigenvalue weighted by Gasteiger charge is -2.22. The molecule has 1 fully saturated rings. The minimum Gasteiger partial charge on any atom is -0.377 e. The number of hydrogen-bond donors (Lipinski definition) is 1. The van der Waals surface area contributed by atoms with Gasteiger partial charge in [-0.2, -0.15) is 0 Å². The Labute approximate surface area is 94.9 Å². The quantitative estimate of drug-likeness (QED) is 0.854. The van der Waals surface area contributed by atoms with E-state index in [1.165, 1.54) is 24.1 Å². The van der Waals surface area contributed by atoms with Crippen LogP contribution in [0.1, 0.15) is 29.8 Å². The maximum absolute atomic E-state index is 5.65. The molecule has 1 saturated heterocycles. The van der Waals surface area contributed by atoms with Crippen LogP contribution in [0.25, 0.3) is 0 Å². The first-order valence-electron chi connectivity index (χ1n) is 5.57. The summed E-state index contributed by atoms with van der Waals surface area (Å²) in [5.74, 6) is 0. The lowest BCUT2D eigenvalue weighted by atomic mass is 10.1. The Morgan fingerprint density at radius 3 is 3.20 bits per heavy atom. The molecule has 1 aliphatic rings. The Balaban J connectivity index is 1.68. The lowest BCUT2D eigenvalue weighted by Crippen LogP contribution is -2.31. The Kier molecular flexibility index (Phi) is 4.11. The van der Waals surface area contributed by atoms with Crippen molar-refractivity contribution in [2.75, 3.05) is 13.2 Å². The molecule has 2 heterocycles. The Hall–Kier alpha value is -0.450. The lowest BCUT2D eigenvalue weighted by molar-refractivity contribution is 0.0168. The van der Waals surface area contributed by atoms with E-state index >= 15 is 0 Å². The third-order valence-corrected chi connectivity index (χ3v) is 3.71. The minimum absolute atomic E-state index is 0.423. The molecule has 1 aromatic rings. The van der Waals surface area contributed by atoms with E-state index in [1.54, 1.807) is 11.3 Å². The molecule has 0 aliphatic carbocycles. The summed E-state index contributed by atoms with van der Waals surface area (Å²) in [5, 5.41) is 3.44. The zero-order valence-corrected chi connectivity index (χ0v) is 9.98. The third-order valence-electron chi connectivity index (χ3n) is 2.78. The second-order valence-corrected chi connectivity index (χ2v) is 4.92. The van der Waals surface area contributed by atoms with Crippen molar-refractivity contribution in [2.45, 2.75) is 38.8 Å². The molecule has 1 aliphatic heterocycles. The van der Waals surface area contributed by atoms with Gasteiger partial charge in [0.1, 0.15) is 0 Å². The molecule has 0 spiro atoms. The van der Waals surface area contributed by atoms with Crippen LogP contribution in [0.15, 0.2) is 5.51 Å². The number of aromatic nitrogens is 1. The highest BCUT2D eigenvalue weighted by atomic mass is 32.1. The standard InChI is InChI=1S/C11H18N2OS/c1-9-11(15-8-13-9)7-12-6-10-4-2-3-5-14-10/h8,10,12H,2-7H2,1H3. The van der Waals surface area contributed by atoms with Crippen LogP contribution in [0.2, 0.25) is 0 Å². The summed E-state index contributed by atoms with van der Waals surface area (Å²) in [4.78, 5) is 5.57. The summed E-state index contributed by atoms with van der Waals surface area (Å²) >= 11 is 1.72. The molecule has 4 heteroatoms. The van der Waals surface area contributed by atoms with Crippen LogP contribution in [0.4, 0.5) is 0 Å². The molecule has 15 heavy (non-hydrogen) atoms. The molecule has 1 unspecified atom stereocenters. The van der Waals surface area contributed by atoms with Crippen molar-refractivity contribution in [3.05, 3.63) is 16.1 Å². The van der Waals surface area contributed by atoms with Gasteiger partial charge in [-0.1, -0.05) is 0 Å². The molecule has 3 nitrogen and oxygen atoms in total. The van der Waals surface area contributed by atoms with Gasteiger partial charge in [-0.3, -0.25) is 0 Å². The van der Waals surface area contributed by atoms with Crippen LogP contribution < -0.4 is 5.32 Å². The smallest absolute Gasteiger partial charge is 0.0798 e. The molecule has 84 valence electrons. The molecular formula is C11H18N2OS. The molecule has 1 atom stereocenters. The van der Waals surface area contributed by atoms with Crippen LogP contribution >= 0.6 is 11.3 Å². The summed E-state index contributed by atoms with van der Waals surface area (Å²) in [6.45, 7) is 4.89. The van der Waals surface area contributed by atoms with Crippen molar-refractivity contribution in [1.82, 2.24) is 10.3 Å². The predicted octanol–water partition coefficient (Wildman–Crippen LogP) is 2.11. The van der Waals surface area contributed by atoms with Gasteiger partial charge in [-0.05, 0) is 26.2 Å². The van der Waals surface area contributed by atoms with Crippen LogP contribution in [-0.4, -0.2) is 24.2 Å². The van der Waals surface area contributed by atoms with Gasteiger partial charge in [0, 0.05) is 24.6 Å². The number of hydrogen-bond acceptors (Lipinski definition) is 4. The summed E-state index contributed by atoms with van der Waals surface area (Å²) in [7, 11) is 0. The van der Waals surface area contributed by atoms with E-state index in [1.807, 2.05) is 5.51 Å². The first-order valence-corrected chi connectivity index (χ1v) is 6.45. The van der Waals surface area contributed by atoms with Gasteiger partial charge in [0.05, 0.1) is 17.3 Å². The van der Waals surface area contributed by atoms with Crippen molar-refractivity contribution in [3.8, 4) is 0 Å². The fraction of sp³-hybridized carbons (Fsp3) is 0.727. The maximum Gasteiger partial charge on any atom is 0.0798 e.